The second-order valence-electron chi connectivity index (χ2n) is 11.8. The van der Waals surface area contributed by atoms with Gasteiger partial charge in [0.05, 0.1) is 28.8 Å². The first-order valence-corrected chi connectivity index (χ1v) is 14.9. The van der Waals surface area contributed by atoms with Crippen molar-refractivity contribution in [2.24, 2.45) is 0 Å². The summed E-state index contributed by atoms with van der Waals surface area (Å²) < 4.78 is 45.7. The van der Waals surface area contributed by atoms with E-state index in [1.807, 2.05) is 37.3 Å². The maximum absolute atomic E-state index is 13.9. The molecule has 0 spiro atoms. The Morgan fingerprint density at radius 2 is 1.49 bits per heavy atom. The molecule has 3 aromatic rings. The molecular weight excluding hydrogens is 544 g/mol. The summed E-state index contributed by atoms with van der Waals surface area (Å²) in [6.07, 6.45) is 0.689. The smallest absolute Gasteiger partial charge is 0.408 e. The summed E-state index contributed by atoms with van der Waals surface area (Å²) in [6, 6.07) is 16.4. The maximum Gasteiger partial charge on any atom is 0.408 e. The van der Waals surface area contributed by atoms with E-state index >= 15 is 0 Å². The Bertz CT molecular complexity index is 1430. The van der Waals surface area contributed by atoms with Crippen molar-refractivity contribution in [1.82, 2.24) is 9.29 Å². The van der Waals surface area contributed by atoms with E-state index < -0.39 is 39.3 Å². The van der Waals surface area contributed by atoms with Crippen LogP contribution in [0.5, 0.6) is 0 Å². The number of hydrogen-bond donors (Lipinski definition) is 1. The van der Waals surface area contributed by atoms with Crippen LogP contribution in [0.1, 0.15) is 81.2 Å². The Hall–Kier alpha value is -3.63. The number of aromatic nitrogens is 1. The molecule has 0 fully saturated rings. The summed E-state index contributed by atoms with van der Waals surface area (Å²) in [5.41, 5.74) is 0.283. The zero-order valence-corrected chi connectivity index (χ0v) is 25.6. The van der Waals surface area contributed by atoms with Gasteiger partial charge in [-0.3, -0.25) is 0 Å². The minimum Gasteiger partial charge on any atom is -0.456 e. The molecule has 0 radical (unpaired) electrons. The molecule has 2 aromatic carbocycles. The second-order valence-corrected chi connectivity index (χ2v) is 13.6. The number of alkyl carbamates (subject to hydrolysis) is 1. The fourth-order valence-electron chi connectivity index (χ4n) is 4.00. The van der Waals surface area contributed by atoms with Crippen LogP contribution in [0.15, 0.2) is 71.8 Å². The van der Waals surface area contributed by atoms with Gasteiger partial charge in [0.15, 0.2) is 0 Å². The van der Waals surface area contributed by atoms with E-state index in [1.165, 1.54) is 24.4 Å². The molecule has 1 N–H and O–H groups in total. The molecule has 0 unspecified atom stereocenters. The number of nitrogens with one attached hydrogen (secondary N) is 1. The minimum absolute atomic E-state index is 0.0136. The summed E-state index contributed by atoms with van der Waals surface area (Å²) in [7, 11) is -4.16. The van der Waals surface area contributed by atoms with E-state index in [-0.39, 0.29) is 29.2 Å². The van der Waals surface area contributed by atoms with E-state index in [0.717, 1.165) is 15.1 Å². The van der Waals surface area contributed by atoms with Crippen LogP contribution in [0.25, 0.3) is 0 Å². The molecule has 0 bridgehead atoms. The molecule has 1 amide bonds. The fourth-order valence-corrected chi connectivity index (χ4v) is 5.41. The zero-order valence-electron chi connectivity index (χ0n) is 24.8. The number of amides is 1. The average molecular weight is 585 g/mol. The monoisotopic (exact) mass is 584 g/mol. The number of carbonyl (C=O) groups excluding carboxylic acids is 2. The largest absolute Gasteiger partial charge is 0.456 e. The Balaban J connectivity index is 2.06. The molecule has 0 aliphatic heterocycles. The fraction of sp³-hybridized carbons (Fsp3) is 0.419. The van der Waals surface area contributed by atoms with E-state index in [4.69, 9.17) is 14.2 Å². The van der Waals surface area contributed by atoms with Crippen molar-refractivity contribution >= 4 is 22.1 Å². The van der Waals surface area contributed by atoms with Gasteiger partial charge in [-0.05, 0) is 78.6 Å². The molecule has 222 valence electrons. The molecule has 0 aliphatic rings. The molecule has 3 rings (SSSR count). The highest BCUT2D eigenvalue weighted by molar-refractivity contribution is 7.90. The standard InChI is InChI=1S/C31H40N2O7S/c1-22-13-15-24(16-14-22)41(36,37)33-19-17-25(28(34)39-30(2,3)4)27(33)26(32-29(35)40-31(5,6)7)18-20-38-21-23-11-9-8-10-12-23/h8-17,19,26H,18,20-21H2,1-7H3,(H,32,35)/t26-/m1/s1. The van der Waals surface area contributed by atoms with E-state index in [9.17, 15) is 18.0 Å². The van der Waals surface area contributed by atoms with Gasteiger partial charge < -0.3 is 19.5 Å². The van der Waals surface area contributed by atoms with Gasteiger partial charge in [0.1, 0.15) is 11.2 Å². The number of benzene rings is 2. The van der Waals surface area contributed by atoms with Gasteiger partial charge in [0, 0.05) is 12.8 Å². The quantitative estimate of drug-likeness (QED) is 0.224. The molecular formula is C31H40N2O7S. The number of rotatable bonds is 10. The van der Waals surface area contributed by atoms with Crippen LogP contribution < -0.4 is 5.32 Å². The summed E-state index contributed by atoms with van der Waals surface area (Å²) in [4.78, 5) is 26.3. The first-order chi connectivity index (χ1) is 19.1. The molecule has 9 nitrogen and oxygen atoms in total. The summed E-state index contributed by atoms with van der Waals surface area (Å²) >= 11 is 0. The summed E-state index contributed by atoms with van der Waals surface area (Å²) in [5.74, 6) is -0.716. The zero-order chi connectivity index (χ0) is 30.4. The van der Waals surface area contributed by atoms with Crippen LogP contribution in [-0.4, -0.2) is 42.3 Å². The van der Waals surface area contributed by atoms with Crippen molar-refractivity contribution < 1.29 is 32.2 Å². The topological polar surface area (TPSA) is 113 Å². The van der Waals surface area contributed by atoms with Gasteiger partial charge in [-0.1, -0.05) is 48.0 Å². The molecule has 0 saturated heterocycles. The maximum atomic E-state index is 13.9. The van der Waals surface area contributed by atoms with Crippen molar-refractivity contribution in [3.05, 3.63) is 89.2 Å². The van der Waals surface area contributed by atoms with Gasteiger partial charge in [-0.25, -0.2) is 22.0 Å². The molecule has 1 aromatic heterocycles. The highest BCUT2D eigenvalue weighted by atomic mass is 32.2. The van der Waals surface area contributed by atoms with Gasteiger partial charge in [0.2, 0.25) is 0 Å². The lowest BCUT2D eigenvalue weighted by Crippen LogP contribution is -2.37. The van der Waals surface area contributed by atoms with Crippen LogP contribution in [0.4, 0.5) is 4.79 Å². The van der Waals surface area contributed by atoms with Crippen LogP contribution in [0.3, 0.4) is 0 Å². The Morgan fingerprint density at radius 1 is 0.878 bits per heavy atom. The summed E-state index contributed by atoms with van der Waals surface area (Å²) in [6.45, 7) is 12.7. The number of esters is 1. The Labute approximate surface area is 242 Å². The molecule has 0 saturated carbocycles. The van der Waals surface area contributed by atoms with Crippen LogP contribution in [0.2, 0.25) is 0 Å². The number of carbonyl (C=O) groups is 2. The predicted molar refractivity (Wildman–Crippen MR) is 156 cm³/mol. The summed E-state index contributed by atoms with van der Waals surface area (Å²) in [5, 5.41) is 2.77. The molecule has 0 aliphatic carbocycles. The van der Waals surface area contributed by atoms with Crippen LogP contribution >= 0.6 is 0 Å². The van der Waals surface area contributed by atoms with E-state index in [2.05, 4.69) is 5.32 Å². The molecule has 1 heterocycles. The molecule has 41 heavy (non-hydrogen) atoms. The van der Waals surface area contributed by atoms with Gasteiger partial charge in [-0.15, -0.1) is 0 Å². The second kappa shape index (κ2) is 12.9. The third kappa shape index (κ3) is 9.19. The Morgan fingerprint density at radius 3 is 2.07 bits per heavy atom. The van der Waals surface area contributed by atoms with Crippen LogP contribution in [-0.2, 0) is 30.8 Å². The lowest BCUT2D eigenvalue weighted by atomic mass is 10.1. The van der Waals surface area contributed by atoms with Gasteiger partial charge in [-0.2, -0.15) is 0 Å². The number of nitrogens with zero attached hydrogens (tertiary/aromatic N) is 1. The lowest BCUT2D eigenvalue weighted by molar-refractivity contribution is 0.00654. The van der Waals surface area contributed by atoms with Crippen molar-refractivity contribution in [2.45, 2.75) is 83.6 Å². The highest BCUT2D eigenvalue weighted by Crippen LogP contribution is 2.29. The number of hydrogen-bond acceptors (Lipinski definition) is 7. The normalized spacial score (nSPS) is 13.0. The predicted octanol–water partition coefficient (Wildman–Crippen LogP) is 6.16. The molecule has 10 heteroatoms. The van der Waals surface area contributed by atoms with E-state index in [0.29, 0.717) is 6.61 Å². The third-order valence-corrected chi connectivity index (χ3v) is 7.47. The van der Waals surface area contributed by atoms with Crippen molar-refractivity contribution in [3.8, 4) is 0 Å². The van der Waals surface area contributed by atoms with Gasteiger partial charge in [0.25, 0.3) is 10.0 Å². The first kappa shape index (κ1) is 31.9. The van der Waals surface area contributed by atoms with Crippen LogP contribution in [0, 0.1) is 6.92 Å². The van der Waals surface area contributed by atoms with E-state index in [1.54, 1.807) is 53.7 Å². The SMILES string of the molecule is Cc1ccc(S(=O)(=O)n2ccc(C(=O)OC(C)(C)C)c2[C@@H](CCOCc2ccccc2)NC(=O)OC(C)(C)C)cc1. The number of aryl methyl sites for hydroxylation is 1. The minimum atomic E-state index is -4.16. The average Bonchev–Trinajstić information content (AvgIpc) is 3.31. The highest BCUT2D eigenvalue weighted by Gasteiger charge is 2.33. The Kier molecular flexibility index (Phi) is 10.0. The lowest BCUT2D eigenvalue weighted by Gasteiger charge is -2.26. The van der Waals surface area contributed by atoms with Gasteiger partial charge >= 0.3 is 12.1 Å². The van der Waals surface area contributed by atoms with Crippen molar-refractivity contribution in [2.75, 3.05) is 6.61 Å². The third-order valence-electron chi connectivity index (χ3n) is 5.77. The first-order valence-electron chi connectivity index (χ1n) is 13.4. The number of ether oxygens (including phenoxy) is 3. The van der Waals surface area contributed by atoms with Crippen molar-refractivity contribution in [1.29, 1.82) is 0 Å². The molecule has 1 atom stereocenters. The van der Waals surface area contributed by atoms with Crippen molar-refractivity contribution in [3.63, 3.8) is 0 Å².